The molecule has 1 saturated heterocycles. The molecule has 0 unspecified atom stereocenters. The Kier molecular flexibility index (Phi) is 7.51. The summed E-state index contributed by atoms with van der Waals surface area (Å²) in [5.41, 5.74) is 2.81. The van der Waals surface area contributed by atoms with Crippen molar-refractivity contribution in [1.82, 2.24) is 5.32 Å². The Morgan fingerprint density at radius 2 is 1.62 bits per heavy atom. The minimum atomic E-state index is -0.198. The van der Waals surface area contributed by atoms with Crippen LogP contribution in [0.4, 0.5) is 11.4 Å². The lowest BCUT2D eigenvalue weighted by Gasteiger charge is -2.34. The van der Waals surface area contributed by atoms with Gasteiger partial charge >= 0.3 is 0 Å². The molecule has 2 aromatic carbocycles. The third kappa shape index (κ3) is 5.52. The van der Waals surface area contributed by atoms with Crippen LogP contribution in [-0.4, -0.2) is 30.9 Å². The van der Waals surface area contributed by atoms with Crippen molar-refractivity contribution in [2.75, 3.05) is 23.3 Å². The summed E-state index contributed by atoms with van der Waals surface area (Å²) in [7, 11) is 0. The maximum Gasteiger partial charge on any atom is 0.256 e. The number of piperidine rings is 1. The van der Waals surface area contributed by atoms with Gasteiger partial charge in [0.2, 0.25) is 0 Å². The molecular formula is C26H32BrN3O2. The number of anilines is 2. The first-order valence-electron chi connectivity index (χ1n) is 11.8. The first-order chi connectivity index (χ1) is 15.5. The number of hydrogen-bond donors (Lipinski definition) is 2. The standard InChI is InChI=1S/C26H32BrN3O2/c1-18-13-15-30(16-14-18)24-12-11-20(29-25(31)21-9-5-6-10-23(21)27)17-22(24)26(32)28-19-7-3-2-4-8-19/h5-6,9-12,17-19H,2-4,7-8,13-16H2,1H3,(H,28,32)(H,29,31). The predicted molar refractivity (Wildman–Crippen MR) is 133 cm³/mol. The van der Waals surface area contributed by atoms with Gasteiger partial charge in [-0.25, -0.2) is 0 Å². The molecule has 2 aromatic rings. The SMILES string of the molecule is CC1CCN(c2ccc(NC(=O)c3ccccc3Br)cc2C(=O)NC2CCCCC2)CC1. The molecule has 1 saturated carbocycles. The molecule has 1 aliphatic heterocycles. The van der Waals surface area contributed by atoms with E-state index >= 15 is 0 Å². The van der Waals surface area contributed by atoms with E-state index in [2.05, 4.69) is 38.4 Å². The van der Waals surface area contributed by atoms with Gasteiger partial charge in [0, 0.05) is 35.0 Å². The van der Waals surface area contributed by atoms with Gasteiger partial charge < -0.3 is 15.5 Å². The highest BCUT2D eigenvalue weighted by molar-refractivity contribution is 9.10. The van der Waals surface area contributed by atoms with E-state index in [1.807, 2.05) is 36.4 Å². The number of carbonyl (C=O) groups excluding carboxylic acids is 2. The van der Waals surface area contributed by atoms with Crippen LogP contribution in [-0.2, 0) is 0 Å². The molecule has 2 fully saturated rings. The summed E-state index contributed by atoms with van der Waals surface area (Å²) in [4.78, 5) is 28.5. The summed E-state index contributed by atoms with van der Waals surface area (Å²) in [6.07, 6.45) is 7.93. The Morgan fingerprint density at radius 1 is 0.906 bits per heavy atom. The predicted octanol–water partition coefficient (Wildman–Crippen LogP) is 6.00. The van der Waals surface area contributed by atoms with E-state index in [0.29, 0.717) is 22.7 Å². The summed E-state index contributed by atoms with van der Waals surface area (Å²) in [6.45, 7) is 4.19. The zero-order valence-electron chi connectivity index (χ0n) is 18.7. The second-order valence-electron chi connectivity index (χ2n) is 9.14. The summed E-state index contributed by atoms with van der Waals surface area (Å²) in [5.74, 6) is 0.479. The molecule has 0 bridgehead atoms. The number of rotatable bonds is 5. The van der Waals surface area contributed by atoms with E-state index < -0.39 is 0 Å². The van der Waals surface area contributed by atoms with Gasteiger partial charge in [-0.05, 0) is 77.9 Å². The Morgan fingerprint density at radius 3 is 2.34 bits per heavy atom. The van der Waals surface area contributed by atoms with Crippen molar-refractivity contribution >= 4 is 39.1 Å². The molecule has 32 heavy (non-hydrogen) atoms. The quantitative estimate of drug-likeness (QED) is 0.532. The van der Waals surface area contributed by atoms with Gasteiger partial charge in [-0.2, -0.15) is 0 Å². The Balaban J connectivity index is 1.58. The van der Waals surface area contributed by atoms with Crippen LogP contribution in [0.15, 0.2) is 46.9 Å². The molecule has 4 rings (SSSR count). The highest BCUT2D eigenvalue weighted by Gasteiger charge is 2.24. The third-order valence-electron chi connectivity index (χ3n) is 6.68. The topological polar surface area (TPSA) is 61.4 Å². The molecule has 1 heterocycles. The van der Waals surface area contributed by atoms with E-state index in [4.69, 9.17) is 0 Å². The summed E-state index contributed by atoms with van der Waals surface area (Å²) in [5, 5.41) is 6.23. The molecular weight excluding hydrogens is 466 g/mol. The summed E-state index contributed by atoms with van der Waals surface area (Å²) >= 11 is 3.44. The molecule has 0 radical (unpaired) electrons. The summed E-state index contributed by atoms with van der Waals surface area (Å²) in [6, 6.07) is 13.3. The smallest absolute Gasteiger partial charge is 0.256 e. The number of benzene rings is 2. The maximum atomic E-state index is 13.3. The van der Waals surface area contributed by atoms with Gasteiger partial charge in [0.1, 0.15) is 0 Å². The lowest BCUT2D eigenvalue weighted by molar-refractivity contribution is 0.0927. The molecule has 0 aromatic heterocycles. The summed E-state index contributed by atoms with van der Waals surface area (Å²) < 4.78 is 0.742. The number of nitrogens with one attached hydrogen (secondary N) is 2. The first kappa shape index (κ1) is 22.8. The van der Waals surface area contributed by atoms with Crippen molar-refractivity contribution in [2.24, 2.45) is 5.92 Å². The number of carbonyl (C=O) groups is 2. The maximum absolute atomic E-state index is 13.3. The van der Waals surface area contributed by atoms with Gasteiger partial charge in [0.05, 0.1) is 11.1 Å². The number of halogens is 1. The van der Waals surface area contributed by atoms with Gasteiger partial charge in [0.25, 0.3) is 11.8 Å². The van der Waals surface area contributed by atoms with Crippen molar-refractivity contribution in [3.8, 4) is 0 Å². The zero-order chi connectivity index (χ0) is 22.5. The van der Waals surface area contributed by atoms with Crippen LogP contribution in [0.25, 0.3) is 0 Å². The monoisotopic (exact) mass is 497 g/mol. The Bertz CT molecular complexity index is 963. The average Bonchev–Trinajstić information content (AvgIpc) is 2.80. The molecule has 2 amide bonds. The zero-order valence-corrected chi connectivity index (χ0v) is 20.3. The van der Waals surface area contributed by atoms with Crippen LogP contribution in [0, 0.1) is 5.92 Å². The number of hydrogen-bond acceptors (Lipinski definition) is 3. The van der Waals surface area contributed by atoms with Gasteiger partial charge in [-0.3, -0.25) is 9.59 Å². The Labute approximate surface area is 199 Å². The molecule has 0 atom stereocenters. The highest BCUT2D eigenvalue weighted by Crippen LogP contribution is 2.30. The van der Waals surface area contributed by atoms with E-state index in [-0.39, 0.29) is 17.9 Å². The van der Waals surface area contributed by atoms with E-state index in [1.54, 1.807) is 6.07 Å². The second kappa shape index (κ2) is 10.5. The molecule has 170 valence electrons. The molecule has 1 aliphatic carbocycles. The van der Waals surface area contributed by atoms with Gasteiger partial charge in [-0.1, -0.05) is 38.3 Å². The largest absolute Gasteiger partial charge is 0.371 e. The molecule has 2 aliphatic rings. The average molecular weight is 498 g/mol. The highest BCUT2D eigenvalue weighted by atomic mass is 79.9. The van der Waals surface area contributed by atoms with E-state index in [0.717, 1.165) is 48.9 Å². The lowest BCUT2D eigenvalue weighted by atomic mass is 9.95. The van der Waals surface area contributed by atoms with Crippen molar-refractivity contribution < 1.29 is 9.59 Å². The van der Waals surface area contributed by atoms with Crippen LogP contribution in [0.2, 0.25) is 0 Å². The van der Waals surface area contributed by atoms with Crippen LogP contribution in [0.5, 0.6) is 0 Å². The molecule has 0 spiro atoms. The number of amides is 2. The minimum Gasteiger partial charge on any atom is -0.371 e. The van der Waals surface area contributed by atoms with E-state index in [9.17, 15) is 9.59 Å². The third-order valence-corrected chi connectivity index (χ3v) is 7.37. The van der Waals surface area contributed by atoms with Crippen molar-refractivity contribution in [3.63, 3.8) is 0 Å². The van der Waals surface area contributed by atoms with Gasteiger partial charge in [0.15, 0.2) is 0 Å². The van der Waals surface area contributed by atoms with E-state index in [1.165, 1.54) is 19.3 Å². The fraction of sp³-hybridized carbons (Fsp3) is 0.462. The first-order valence-corrected chi connectivity index (χ1v) is 12.6. The lowest BCUT2D eigenvalue weighted by Crippen LogP contribution is -2.38. The normalized spacial score (nSPS) is 17.8. The van der Waals surface area contributed by atoms with Crippen LogP contribution >= 0.6 is 15.9 Å². The van der Waals surface area contributed by atoms with Crippen LogP contribution in [0.1, 0.15) is 72.6 Å². The fourth-order valence-corrected chi connectivity index (χ4v) is 5.14. The fourth-order valence-electron chi connectivity index (χ4n) is 4.67. The van der Waals surface area contributed by atoms with Crippen molar-refractivity contribution in [2.45, 2.75) is 57.9 Å². The molecule has 6 heteroatoms. The minimum absolute atomic E-state index is 0.0393. The molecule has 5 nitrogen and oxygen atoms in total. The molecule has 2 N–H and O–H groups in total. The van der Waals surface area contributed by atoms with Gasteiger partial charge in [-0.15, -0.1) is 0 Å². The van der Waals surface area contributed by atoms with Crippen molar-refractivity contribution in [3.05, 3.63) is 58.1 Å². The Hall–Kier alpha value is -2.34. The van der Waals surface area contributed by atoms with Crippen LogP contribution < -0.4 is 15.5 Å². The second-order valence-corrected chi connectivity index (χ2v) is 10.00. The van der Waals surface area contributed by atoms with Crippen LogP contribution in [0.3, 0.4) is 0 Å². The number of nitrogens with zero attached hydrogens (tertiary/aromatic N) is 1. The van der Waals surface area contributed by atoms with Crippen molar-refractivity contribution in [1.29, 1.82) is 0 Å².